The Morgan fingerprint density at radius 3 is 2.50 bits per heavy atom. The van der Waals surface area contributed by atoms with Crippen LogP contribution in [-0.2, 0) is 4.79 Å². The van der Waals surface area contributed by atoms with E-state index in [1.54, 1.807) is 0 Å². The molecule has 1 amide bonds. The Bertz CT molecular complexity index is 329. The zero-order valence-electron chi connectivity index (χ0n) is 11.7. The number of hydrogen-bond donors (Lipinski definition) is 1. The maximum Gasteiger partial charge on any atom is 0.244 e. The lowest BCUT2D eigenvalue weighted by molar-refractivity contribution is -0.133. The van der Waals surface area contributed by atoms with Crippen LogP contribution in [0.25, 0.3) is 0 Å². The summed E-state index contributed by atoms with van der Waals surface area (Å²) in [6.45, 7) is 4.55. The quantitative estimate of drug-likeness (QED) is 0.835. The summed E-state index contributed by atoms with van der Waals surface area (Å²) < 4.78 is 0. The summed E-state index contributed by atoms with van der Waals surface area (Å²) in [4.78, 5) is 14.9. The minimum absolute atomic E-state index is 0.122. The minimum atomic E-state index is -0.122. The lowest BCUT2D eigenvalue weighted by Gasteiger charge is -2.37. The number of carbonyl (C=O) groups is 1. The molecule has 102 valence electrons. The molecule has 3 nitrogen and oxygen atoms in total. The van der Waals surface area contributed by atoms with Crippen LogP contribution in [0.15, 0.2) is 0 Å². The van der Waals surface area contributed by atoms with Gasteiger partial charge in [-0.1, -0.05) is 20.3 Å². The first-order chi connectivity index (χ1) is 8.66. The molecule has 0 aromatic heterocycles. The molecule has 0 aromatic carbocycles. The normalized spacial score (nSPS) is 38.4. The molecule has 1 heterocycles. The highest BCUT2D eigenvalue weighted by Gasteiger charge is 2.59. The second-order valence-electron chi connectivity index (χ2n) is 6.66. The summed E-state index contributed by atoms with van der Waals surface area (Å²) in [5.41, 5.74) is -0.122. The van der Waals surface area contributed by atoms with Gasteiger partial charge in [0.15, 0.2) is 0 Å². The molecule has 3 rings (SSSR count). The first-order valence-electron chi connectivity index (χ1n) is 7.77. The van der Waals surface area contributed by atoms with Gasteiger partial charge in [-0.3, -0.25) is 10.1 Å². The zero-order chi connectivity index (χ0) is 12.8. The summed E-state index contributed by atoms with van der Waals surface area (Å²) >= 11 is 0. The Morgan fingerprint density at radius 2 is 1.94 bits per heavy atom. The fourth-order valence-electron chi connectivity index (χ4n) is 3.75. The zero-order valence-corrected chi connectivity index (χ0v) is 11.7. The third-order valence-electron chi connectivity index (χ3n) is 5.11. The summed E-state index contributed by atoms with van der Waals surface area (Å²) in [6.07, 6.45) is 9.72. The molecule has 3 heteroatoms. The predicted molar refractivity (Wildman–Crippen MR) is 72.1 cm³/mol. The molecule has 0 radical (unpaired) electrons. The van der Waals surface area contributed by atoms with Crippen LogP contribution in [-0.4, -0.2) is 28.6 Å². The van der Waals surface area contributed by atoms with Gasteiger partial charge >= 0.3 is 0 Å². The lowest BCUT2D eigenvalue weighted by atomic mass is 9.86. The van der Waals surface area contributed by atoms with E-state index in [1.807, 2.05) is 0 Å². The van der Waals surface area contributed by atoms with Gasteiger partial charge in [0.1, 0.15) is 0 Å². The van der Waals surface area contributed by atoms with Crippen LogP contribution < -0.4 is 5.32 Å². The van der Waals surface area contributed by atoms with Gasteiger partial charge in [0.05, 0.1) is 11.7 Å². The third kappa shape index (κ3) is 1.97. The molecule has 1 atom stereocenters. The van der Waals surface area contributed by atoms with Crippen molar-refractivity contribution in [2.45, 2.75) is 83.0 Å². The third-order valence-corrected chi connectivity index (χ3v) is 5.11. The molecule has 1 spiro atoms. The monoisotopic (exact) mass is 250 g/mol. The van der Waals surface area contributed by atoms with Crippen molar-refractivity contribution in [3.05, 3.63) is 0 Å². The average Bonchev–Trinajstić information content (AvgIpc) is 3.07. The van der Waals surface area contributed by atoms with Gasteiger partial charge in [0.25, 0.3) is 0 Å². The number of nitrogens with one attached hydrogen (secondary N) is 1. The highest BCUT2D eigenvalue weighted by atomic mass is 16.2. The highest BCUT2D eigenvalue weighted by Crippen LogP contribution is 2.45. The lowest BCUT2D eigenvalue weighted by Crippen LogP contribution is -2.46. The summed E-state index contributed by atoms with van der Waals surface area (Å²) in [5.74, 6) is 1.27. The highest BCUT2D eigenvalue weighted by molar-refractivity contribution is 5.92. The van der Waals surface area contributed by atoms with Gasteiger partial charge in [-0.15, -0.1) is 0 Å². The SMILES string of the molecule is CCCC1NC2(CC2)C(=O)N1C1CCC(C)CC1. The van der Waals surface area contributed by atoms with Gasteiger partial charge in [-0.25, -0.2) is 0 Å². The first-order valence-corrected chi connectivity index (χ1v) is 7.77. The van der Waals surface area contributed by atoms with Crippen molar-refractivity contribution in [2.24, 2.45) is 5.92 Å². The van der Waals surface area contributed by atoms with Crippen molar-refractivity contribution < 1.29 is 4.79 Å². The van der Waals surface area contributed by atoms with Crippen molar-refractivity contribution in [3.8, 4) is 0 Å². The number of nitrogens with zero attached hydrogens (tertiary/aromatic N) is 1. The van der Waals surface area contributed by atoms with Crippen LogP contribution in [0.1, 0.15) is 65.2 Å². The Balaban J connectivity index is 1.73. The minimum Gasteiger partial charge on any atom is -0.323 e. The smallest absolute Gasteiger partial charge is 0.244 e. The van der Waals surface area contributed by atoms with Crippen LogP contribution in [0.2, 0.25) is 0 Å². The van der Waals surface area contributed by atoms with Gasteiger partial charge in [-0.05, 0) is 50.9 Å². The maximum absolute atomic E-state index is 12.6. The van der Waals surface area contributed by atoms with Crippen LogP contribution in [0.3, 0.4) is 0 Å². The van der Waals surface area contributed by atoms with Gasteiger partial charge < -0.3 is 4.90 Å². The molecule has 2 saturated carbocycles. The predicted octanol–water partition coefficient (Wildman–Crippen LogP) is 2.66. The van der Waals surface area contributed by atoms with Crippen molar-refractivity contribution in [3.63, 3.8) is 0 Å². The summed E-state index contributed by atoms with van der Waals surface area (Å²) in [5, 5.41) is 3.63. The topological polar surface area (TPSA) is 32.3 Å². The average molecular weight is 250 g/mol. The molecular weight excluding hydrogens is 224 g/mol. The van der Waals surface area contributed by atoms with E-state index in [0.29, 0.717) is 18.1 Å². The Hall–Kier alpha value is -0.570. The molecule has 1 saturated heterocycles. The van der Waals surface area contributed by atoms with E-state index in [-0.39, 0.29) is 5.54 Å². The standard InChI is InChI=1S/C15H26N2O/c1-3-4-13-16-15(9-10-15)14(18)17(13)12-7-5-11(2)6-8-12/h11-13,16H,3-10H2,1-2H3. The Kier molecular flexibility index (Phi) is 3.13. The van der Waals surface area contributed by atoms with Crippen molar-refractivity contribution in [2.75, 3.05) is 0 Å². The second kappa shape index (κ2) is 4.52. The molecule has 3 aliphatic rings. The Morgan fingerprint density at radius 1 is 1.28 bits per heavy atom. The van der Waals surface area contributed by atoms with Crippen LogP contribution >= 0.6 is 0 Å². The molecular formula is C15H26N2O. The van der Waals surface area contributed by atoms with Gasteiger partial charge in [0.2, 0.25) is 5.91 Å². The number of amides is 1. The van der Waals surface area contributed by atoms with E-state index in [0.717, 1.165) is 31.6 Å². The van der Waals surface area contributed by atoms with Gasteiger partial charge in [-0.2, -0.15) is 0 Å². The van der Waals surface area contributed by atoms with Crippen LogP contribution in [0, 0.1) is 5.92 Å². The van der Waals surface area contributed by atoms with Crippen molar-refractivity contribution in [1.29, 1.82) is 0 Å². The van der Waals surface area contributed by atoms with E-state index in [2.05, 4.69) is 24.1 Å². The van der Waals surface area contributed by atoms with Gasteiger partial charge in [0, 0.05) is 6.04 Å². The fourth-order valence-corrected chi connectivity index (χ4v) is 3.75. The van der Waals surface area contributed by atoms with E-state index in [1.165, 1.54) is 25.7 Å². The first kappa shape index (κ1) is 12.5. The summed E-state index contributed by atoms with van der Waals surface area (Å²) in [6, 6.07) is 0.512. The molecule has 0 bridgehead atoms. The number of rotatable bonds is 3. The largest absolute Gasteiger partial charge is 0.323 e. The van der Waals surface area contributed by atoms with Crippen molar-refractivity contribution in [1.82, 2.24) is 10.2 Å². The van der Waals surface area contributed by atoms with Crippen LogP contribution in [0.4, 0.5) is 0 Å². The molecule has 1 aliphatic heterocycles. The molecule has 3 fully saturated rings. The van der Waals surface area contributed by atoms with E-state index in [9.17, 15) is 4.79 Å². The van der Waals surface area contributed by atoms with E-state index >= 15 is 0 Å². The molecule has 2 aliphatic carbocycles. The molecule has 1 unspecified atom stereocenters. The summed E-state index contributed by atoms with van der Waals surface area (Å²) in [7, 11) is 0. The Labute approximate surface area is 110 Å². The molecule has 0 aromatic rings. The fraction of sp³-hybridized carbons (Fsp3) is 0.933. The second-order valence-corrected chi connectivity index (χ2v) is 6.66. The van der Waals surface area contributed by atoms with Crippen molar-refractivity contribution >= 4 is 5.91 Å². The molecule has 18 heavy (non-hydrogen) atoms. The number of carbonyl (C=O) groups excluding carboxylic acids is 1. The molecule has 1 N–H and O–H groups in total. The maximum atomic E-state index is 12.6. The van der Waals surface area contributed by atoms with Crippen LogP contribution in [0.5, 0.6) is 0 Å². The van der Waals surface area contributed by atoms with E-state index in [4.69, 9.17) is 0 Å². The van der Waals surface area contributed by atoms with E-state index < -0.39 is 0 Å². The number of hydrogen-bond acceptors (Lipinski definition) is 2.